The van der Waals surface area contributed by atoms with Crippen molar-refractivity contribution < 1.29 is 9.72 Å². The van der Waals surface area contributed by atoms with E-state index >= 15 is 0 Å². The molecule has 0 aliphatic heterocycles. The Bertz CT molecular complexity index is 558. The van der Waals surface area contributed by atoms with E-state index in [1.807, 2.05) is 0 Å². The lowest BCUT2D eigenvalue weighted by atomic mass is 10.1. The van der Waals surface area contributed by atoms with Crippen molar-refractivity contribution in [2.45, 2.75) is 19.3 Å². The normalized spacial score (nSPS) is 13.6. The Hall–Kier alpha value is -2.35. The number of hydrogen-bond acceptors (Lipinski definition) is 3. The van der Waals surface area contributed by atoms with E-state index in [0.29, 0.717) is 24.6 Å². The Balaban J connectivity index is 2.03. The number of carbonyl (C=O) groups excluding carboxylic acids is 1. The quantitative estimate of drug-likeness (QED) is 0.452. The van der Waals surface area contributed by atoms with Crippen LogP contribution in [0.2, 0.25) is 0 Å². The van der Waals surface area contributed by atoms with Crippen LogP contribution in [0.4, 0.5) is 5.69 Å². The SMILES string of the molecule is C#CCN(CC1CC1)C(=O)Cc1cccc([N+](=O)[O-])c1. The van der Waals surface area contributed by atoms with E-state index in [4.69, 9.17) is 6.42 Å². The van der Waals surface area contributed by atoms with E-state index in [-0.39, 0.29) is 18.0 Å². The third kappa shape index (κ3) is 3.82. The van der Waals surface area contributed by atoms with Crippen LogP contribution in [0, 0.1) is 28.4 Å². The molecule has 1 amide bonds. The lowest BCUT2D eigenvalue weighted by Crippen LogP contribution is -2.34. The summed E-state index contributed by atoms with van der Waals surface area (Å²) < 4.78 is 0. The highest BCUT2D eigenvalue weighted by atomic mass is 16.6. The molecule has 1 saturated carbocycles. The Morgan fingerprint density at radius 3 is 2.85 bits per heavy atom. The van der Waals surface area contributed by atoms with Gasteiger partial charge in [0.25, 0.3) is 5.69 Å². The number of benzene rings is 1. The van der Waals surface area contributed by atoms with Crippen LogP contribution < -0.4 is 0 Å². The number of non-ortho nitro benzene ring substituents is 1. The Morgan fingerprint density at radius 1 is 1.50 bits per heavy atom. The Morgan fingerprint density at radius 2 is 2.25 bits per heavy atom. The molecule has 0 radical (unpaired) electrons. The fraction of sp³-hybridized carbons (Fsp3) is 0.400. The molecule has 1 fully saturated rings. The monoisotopic (exact) mass is 272 g/mol. The number of hydrogen-bond donors (Lipinski definition) is 0. The van der Waals surface area contributed by atoms with Crippen molar-refractivity contribution in [1.29, 1.82) is 0 Å². The maximum Gasteiger partial charge on any atom is 0.269 e. The summed E-state index contributed by atoms with van der Waals surface area (Å²) in [5, 5.41) is 10.7. The van der Waals surface area contributed by atoms with Gasteiger partial charge in [0.15, 0.2) is 0 Å². The minimum Gasteiger partial charge on any atom is -0.331 e. The molecule has 0 heterocycles. The van der Waals surface area contributed by atoms with Gasteiger partial charge in [-0.1, -0.05) is 18.1 Å². The first kappa shape index (κ1) is 14.1. The second kappa shape index (κ2) is 6.20. The molecular formula is C15H16N2O3. The summed E-state index contributed by atoms with van der Waals surface area (Å²) in [6, 6.07) is 6.16. The Labute approximate surface area is 117 Å². The van der Waals surface area contributed by atoms with Crippen molar-refractivity contribution in [3.8, 4) is 12.3 Å². The molecular weight excluding hydrogens is 256 g/mol. The first-order chi connectivity index (χ1) is 9.60. The van der Waals surface area contributed by atoms with E-state index in [0.717, 1.165) is 12.8 Å². The molecule has 20 heavy (non-hydrogen) atoms. The number of nitro benzene ring substituents is 1. The van der Waals surface area contributed by atoms with E-state index in [1.54, 1.807) is 17.0 Å². The van der Waals surface area contributed by atoms with Gasteiger partial charge in [-0.05, 0) is 24.3 Å². The summed E-state index contributed by atoms with van der Waals surface area (Å²) in [4.78, 5) is 24.1. The standard InChI is InChI=1S/C15H16N2O3/c1-2-8-16(11-12-6-7-12)15(18)10-13-4-3-5-14(9-13)17(19)20/h1,3-5,9,12H,6-8,10-11H2. The number of rotatable bonds is 6. The maximum absolute atomic E-state index is 12.2. The molecule has 0 saturated heterocycles. The summed E-state index contributed by atoms with van der Waals surface area (Å²) >= 11 is 0. The molecule has 0 bridgehead atoms. The van der Waals surface area contributed by atoms with Crippen molar-refractivity contribution in [2.75, 3.05) is 13.1 Å². The smallest absolute Gasteiger partial charge is 0.269 e. The van der Waals surface area contributed by atoms with Crippen LogP contribution in [0.1, 0.15) is 18.4 Å². The first-order valence-corrected chi connectivity index (χ1v) is 6.54. The van der Waals surface area contributed by atoms with Gasteiger partial charge in [0.2, 0.25) is 5.91 Å². The summed E-state index contributed by atoms with van der Waals surface area (Å²) in [6.07, 6.45) is 7.72. The van der Waals surface area contributed by atoms with Gasteiger partial charge in [-0.15, -0.1) is 6.42 Å². The van der Waals surface area contributed by atoms with E-state index in [1.165, 1.54) is 12.1 Å². The number of terminal acetylenes is 1. The van der Waals surface area contributed by atoms with E-state index < -0.39 is 4.92 Å². The molecule has 5 nitrogen and oxygen atoms in total. The molecule has 5 heteroatoms. The second-order valence-corrected chi connectivity index (χ2v) is 5.03. The van der Waals surface area contributed by atoms with Crippen LogP contribution in [0.3, 0.4) is 0 Å². The summed E-state index contributed by atoms with van der Waals surface area (Å²) in [7, 11) is 0. The van der Waals surface area contributed by atoms with Gasteiger partial charge in [-0.2, -0.15) is 0 Å². The number of nitro groups is 1. The third-order valence-electron chi connectivity index (χ3n) is 3.29. The van der Waals surface area contributed by atoms with Crippen LogP contribution in [0.25, 0.3) is 0 Å². The second-order valence-electron chi connectivity index (χ2n) is 5.03. The van der Waals surface area contributed by atoms with E-state index in [9.17, 15) is 14.9 Å². The van der Waals surface area contributed by atoms with Gasteiger partial charge < -0.3 is 4.90 Å². The van der Waals surface area contributed by atoms with Crippen LogP contribution in [0.15, 0.2) is 24.3 Å². The average molecular weight is 272 g/mol. The highest BCUT2D eigenvalue weighted by molar-refractivity contribution is 5.79. The Kier molecular flexibility index (Phi) is 4.36. The summed E-state index contributed by atoms with van der Waals surface area (Å²) in [5.74, 6) is 2.99. The third-order valence-corrected chi connectivity index (χ3v) is 3.29. The largest absolute Gasteiger partial charge is 0.331 e. The molecule has 2 rings (SSSR count). The number of carbonyl (C=O) groups is 1. The van der Waals surface area contributed by atoms with Crippen molar-refractivity contribution >= 4 is 11.6 Å². The molecule has 1 aliphatic carbocycles. The number of amides is 1. The van der Waals surface area contributed by atoms with Crippen molar-refractivity contribution in [3.63, 3.8) is 0 Å². The molecule has 0 N–H and O–H groups in total. The first-order valence-electron chi connectivity index (χ1n) is 6.54. The van der Waals surface area contributed by atoms with Gasteiger partial charge >= 0.3 is 0 Å². The zero-order valence-corrected chi connectivity index (χ0v) is 11.1. The highest BCUT2D eigenvalue weighted by Gasteiger charge is 2.26. The van der Waals surface area contributed by atoms with Crippen molar-refractivity contribution in [1.82, 2.24) is 4.90 Å². The molecule has 0 unspecified atom stereocenters. The number of nitrogens with zero attached hydrogens (tertiary/aromatic N) is 2. The fourth-order valence-electron chi connectivity index (χ4n) is 2.04. The van der Waals surface area contributed by atoms with Gasteiger partial charge in [-0.25, -0.2) is 0 Å². The predicted octanol–water partition coefficient (Wildman–Crippen LogP) is 2.01. The predicted molar refractivity (Wildman–Crippen MR) is 74.9 cm³/mol. The zero-order chi connectivity index (χ0) is 14.5. The molecule has 1 aromatic carbocycles. The molecule has 0 aromatic heterocycles. The lowest BCUT2D eigenvalue weighted by molar-refractivity contribution is -0.384. The van der Waals surface area contributed by atoms with E-state index in [2.05, 4.69) is 5.92 Å². The molecule has 104 valence electrons. The topological polar surface area (TPSA) is 63.5 Å². The minimum absolute atomic E-state index is 0.000919. The van der Waals surface area contributed by atoms with Gasteiger partial charge in [0.1, 0.15) is 0 Å². The lowest BCUT2D eigenvalue weighted by Gasteiger charge is -2.20. The summed E-state index contributed by atoms with van der Waals surface area (Å²) in [6.45, 7) is 0.988. The zero-order valence-electron chi connectivity index (χ0n) is 11.1. The van der Waals surface area contributed by atoms with Crippen LogP contribution in [-0.4, -0.2) is 28.8 Å². The van der Waals surface area contributed by atoms with Crippen molar-refractivity contribution in [2.24, 2.45) is 5.92 Å². The van der Waals surface area contributed by atoms with Crippen molar-refractivity contribution in [3.05, 3.63) is 39.9 Å². The minimum atomic E-state index is -0.461. The van der Waals surface area contributed by atoms with Gasteiger partial charge in [-0.3, -0.25) is 14.9 Å². The molecule has 0 atom stereocenters. The van der Waals surface area contributed by atoms with Crippen LogP contribution in [0.5, 0.6) is 0 Å². The molecule has 0 spiro atoms. The van der Waals surface area contributed by atoms with Crippen LogP contribution in [-0.2, 0) is 11.2 Å². The van der Waals surface area contributed by atoms with Crippen LogP contribution >= 0.6 is 0 Å². The fourth-order valence-corrected chi connectivity index (χ4v) is 2.04. The van der Waals surface area contributed by atoms with Gasteiger partial charge in [0.05, 0.1) is 17.9 Å². The molecule has 1 aromatic rings. The highest BCUT2D eigenvalue weighted by Crippen LogP contribution is 2.29. The maximum atomic E-state index is 12.2. The molecule has 1 aliphatic rings. The average Bonchev–Trinajstić information content (AvgIpc) is 3.22. The summed E-state index contributed by atoms with van der Waals surface area (Å²) in [5.41, 5.74) is 0.642. The van der Waals surface area contributed by atoms with Gasteiger partial charge in [0, 0.05) is 18.7 Å².